The topological polar surface area (TPSA) is 46.0 Å². The van der Waals surface area contributed by atoms with Crippen molar-refractivity contribution < 1.29 is 0 Å². The SMILES string of the molecule is C(#Cc1cnc2ccc(-c3ccccc3)cn12)c1ccc2nc[nH]c2c1. The summed E-state index contributed by atoms with van der Waals surface area (Å²) in [5.74, 6) is 6.46. The maximum atomic E-state index is 4.45. The standard InChI is InChI=1S/C22H14N4/c1-2-4-17(5-3-1)18-8-11-22-23-13-19(26(22)14-18)9-6-16-7-10-20-21(12-16)25-15-24-20/h1-5,7-8,10-15H,(H,24,25). The molecule has 3 aromatic heterocycles. The van der Waals surface area contributed by atoms with Crippen LogP contribution in [-0.2, 0) is 0 Å². The van der Waals surface area contributed by atoms with Gasteiger partial charge >= 0.3 is 0 Å². The fraction of sp³-hybridized carbons (Fsp3) is 0. The minimum atomic E-state index is 0.863. The van der Waals surface area contributed by atoms with Crippen LogP contribution in [0.1, 0.15) is 11.3 Å². The third kappa shape index (κ3) is 2.52. The molecule has 5 aromatic rings. The minimum Gasteiger partial charge on any atom is -0.345 e. The Kier molecular flexibility index (Phi) is 3.29. The normalized spacial score (nSPS) is 10.8. The Morgan fingerprint density at radius 3 is 2.69 bits per heavy atom. The van der Waals surface area contributed by atoms with Gasteiger partial charge in [-0.1, -0.05) is 36.3 Å². The van der Waals surface area contributed by atoms with E-state index in [-0.39, 0.29) is 0 Å². The van der Waals surface area contributed by atoms with Gasteiger partial charge in [-0.25, -0.2) is 9.97 Å². The van der Waals surface area contributed by atoms with Gasteiger partial charge in [-0.2, -0.15) is 0 Å². The third-order valence-corrected chi connectivity index (χ3v) is 4.37. The number of nitrogens with one attached hydrogen (secondary N) is 1. The van der Waals surface area contributed by atoms with Crippen molar-refractivity contribution in [2.45, 2.75) is 0 Å². The molecule has 0 unspecified atom stereocenters. The number of rotatable bonds is 1. The Bertz CT molecular complexity index is 1280. The lowest BCUT2D eigenvalue weighted by Gasteiger charge is -2.03. The second kappa shape index (κ2) is 5.91. The molecule has 4 nitrogen and oxygen atoms in total. The van der Waals surface area contributed by atoms with Crippen molar-refractivity contribution in [3.8, 4) is 23.0 Å². The van der Waals surface area contributed by atoms with Crippen LogP contribution in [0.4, 0.5) is 0 Å². The van der Waals surface area contributed by atoms with Gasteiger partial charge in [0, 0.05) is 11.8 Å². The van der Waals surface area contributed by atoms with Gasteiger partial charge in [0.1, 0.15) is 11.3 Å². The van der Waals surface area contributed by atoms with Crippen LogP contribution in [-0.4, -0.2) is 19.4 Å². The molecular formula is C22H14N4. The predicted octanol–water partition coefficient (Wildman–Crippen LogP) is 4.28. The van der Waals surface area contributed by atoms with E-state index in [1.807, 2.05) is 53.1 Å². The zero-order valence-corrected chi connectivity index (χ0v) is 13.8. The van der Waals surface area contributed by atoms with E-state index in [4.69, 9.17) is 0 Å². The van der Waals surface area contributed by atoms with Gasteiger partial charge in [0.05, 0.1) is 23.6 Å². The highest BCUT2D eigenvalue weighted by Gasteiger charge is 2.04. The van der Waals surface area contributed by atoms with Gasteiger partial charge in [-0.05, 0) is 47.4 Å². The summed E-state index contributed by atoms with van der Waals surface area (Å²) >= 11 is 0. The number of pyridine rings is 1. The summed E-state index contributed by atoms with van der Waals surface area (Å²) in [6, 6.07) is 20.4. The molecule has 0 aliphatic carbocycles. The lowest BCUT2D eigenvalue weighted by atomic mass is 10.1. The smallest absolute Gasteiger partial charge is 0.137 e. The van der Waals surface area contributed by atoms with Gasteiger partial charge in [-0.15, -0.1) is 0 Å². The molecule has 2 aromatic carbocycles. The highest BCUT2D eigenvalue weighted by atomic mass is 15.0. The molecule has 0 radical (unpaired) electrons. The van der Waals surface area contributed by atoms with Crippen molar-refractivity contribution in [1.82, 2.24) is 19.4 Å². The van der Waals surface area contributed by atoms with E-state index in [1.165, 1.54) is 5.56 Å². The van der Waals surface area contributed by atoms with E-state index < -0.39 is 0 Å². The molecule has 0 fully saturated rings. The second-order valence-electron chi connectivity index (χ2n) is 6.04. The summed E-state index contributed by atoms with van der Waals surface area (Å²) in [7, 11) is 0. The van der Waals surface area contributed by atoms with Crippen molar-refractivity contribution in [3.63, 3.8) is 0 Å². The highest BCUT2D eigenvalue weighted by Crippen LogP contribution is 2.20. The Morgan fingerprint density at radius 1 is 0.846 bits per heavy atom. The van der Waals surface area contributed by atoms with Gasteiger partial charge < -0.3 is 4.98 Å². The molecule has 4 heteroatoms. The predicted molar refractivity (Wildman–Crippen MR) is 103 cm³/mol. The number of imidazole rings is 2. The number of aromatic amines is 1. The van der Waals surface area contributed by atoms with Crippen molar-refractivity contribution in [3.05, 3.63) is 90.6 Å². The molecular weight excluding hydrogens is 320 g/mol. The van der Waals surface area contributed by atoms with E-state index in [0.29, 0.717) is 0 Å². The summed E-state index contributed by atoms with van der Waals surface area (Å²) in [4.78, 5) is 11.8. The average Bonchev–Trinajstić information content (AvgIpc) is 3.33. The van der Waals surface area contributed by atoms with Crippen molar-refractivity contribution in [2.75, 3.05) is 0 Å². The summed E-state index contributed by atoms with van der Waals surface area (Å²) in [6.07, 6.45) is 5.59. The first-order valence-corrected chi connectivity index (χ1v) is 8.34. The number of nitrogens with zero attached hydrogens (tertiary/aromatic N) is 3. The third-order valence-electron chi connectivity index (χ3n) is 4.37. The first kappa shape index (κ1) is 14.5. The Morgan fingerprint density at radius 2 is 1.77 bits per heavy atom. The molecule has 26 heavy (non-hydrogen) atoms. The van der Waals surface area contributed by atoms with Crippen molar-refractivity contribution >= 4 is 16.7 Å². The van der Waals surface area contributed by atoms with Crippen molar-refractivity contribution in [2.24, 2.45) is 0 Å². The maximum Gasteiger partial charge on any atom is 0.137 e. The molecule has 0 spiro atoms. The molecule has 0 aliphatic rings. The molecule has 122 valence electrons. The summed E-state index contributed by atoms with van der Waals surface area (Å²) in [5, 5.41) is 0. The molecule has 0 saturated carbocycles. The van der Waals surface area contributed by atoms with Gasteiger partial charge in [0.2, 0.25) is 0 Å². The average molecular weight is 334 g/mol. The lowest BCUT2D eigenvalue weighted by Crippen LogP contribution is -1.90. The molecule has 0 bridgehead atoms. The number of fused-ring (bicyclic) bond motifs is 2. The minimum absolute atomic E-state index is 0.863. The van der Waals surface area contributed by atoms with E-state index in [1.54, 1.807) is 6.33 Å². The molecule has 3 heterocycles. The van der Waals surface area contributed by atoms with E-state index >= 15 is 0 Å². The monoisotopic (exact) mass is 334 g/mol. The molecule has 0 amide bonds. The first-order valence-electron chi connectivity index (χ1n) is 8.34. The highest BCUT2D eigenvalue weighted by molar-refractivity contribution is 5.76. The number of hydrogen-bond donors (Lipinski definition) is 1. The summed E-state index contributed by atoms with van der Waals surface area (Å²) < 4.78 is 2.03. The van der Waals surface area contributed by atoms with Crippen LogP contribution in [0.25, 0.3) is 27.8 Å². The van der Waals surface area contributed by atoms with E-state index in [0.717, 1.165) is 33.5 Å². The Hall–Kier alpha value is -3.84. The molecule has 1 N–H and O–H groups in total. The van der Waals surface area contributed by atoms with Gasteiger partial charge in [-0.3, -0.25) is 4.40 Å². The fourth-order valence-corrected chi connectivity index (χ4v) is 3.02. The first-order chi connectivity index (χ1) is 12.9. The number of benzene rings is 2. The Balaban J connectivity index is 1.57. The summed E-state index contributed by atoms with van der Waals surface area (Å²) in [5.41, 5.74) is 6.93. The molecule has 0 saturated heterocycles. The van der Waals surface area contributed by atoms with Crippen LogP contribution in [0, 0.1) is 11.8 Å². The molecule has 0 atom stereocenters. The lowest BCUT2D eigenvalue weighted by molar-refractivity contribution is 1.16. The zero-order valence-electron chi connectivity index (χ0n) is 13.8. The van der Waals surface area contributed by atoms with Gasteiger partial charge in [0.15, 0.2) is 0 Å². The van der Waals surface area contributed by atoms with Crippen LogP contribution >= 0.6 is 0 Å². The maximum absolute atomic E-state index is 4.45. The summed E-state index contributed by atoms with van der Waals surface area (Å²) in [6.45, 7) is 0. The van der Waals surface area contributed by atoms with Crippen LogP contribution in [0.3, 0.4) is 0 Å². The van der Waals surface area contributed by atoms with Crippen LogP contribution in [0.2, 0.25) is 0 Å². The second-order valence-corrected chi connectivity index (χ2v) is 6.04. The quantitative estimate of drug-likeness (QED) is 0.465. The Labute approximate surface area is 150 Å². The van der Waals surface area contributed by atoms with E-state index in [9.17, 15) is 0 Å². The number of hydrogen-bond acceptors (Lipinski definition) is 2. The van der Waals surface area contributed by atoms with Gasteiger partial charge in [0.25, 0.3) is 0 Å². The zero-order chi connectivity index (χ0) is 17.3. The van der Waals surface area contributed by atoms with Crippen LogP contribution in [0.5, 0.6) is 0 Å². The van der Waals surface area contributed by atoms with Crippen LogP contribution in [0.15, 0.2) is 79.4 Å². The van der Waals surface area contributed by atoms with Crippen molar-refractivity contribution in [1.29, 1.82) is 0 Å². The number of aromatic nitrogens is 4. The van der Waals surface area contributed by atoms with Crippen LogP contribution < -0.4 is 0 Å². The largest absolute Gasteiger partial charge is 0.345 e. The van der Waals surface area contributed by atoms with E-state index in [2.05, 4.69) is 51.2 Å². The molecule has 0 aliphatic heterocycles. The molecule has 5 rings (SSSR count). The fourth-order valence-electron chi connectivity index (χ4n) is 3.02. The number of H-pyrrole nitrogens is 1.